The molecule has 1 unspecified atom stereocenters. The number of H-pyrrole nitrogens is 1. The van der Waals surface area contributed by atoms with Gasteiger partial charge in [-0.2, -0.15) is 0 Å². The standard InChI is InChI=1S/C23H36N2O6S3.2K/c1-3-4-5-6-7-8-9-10-11-18(32)16-19-21(34(29,30)31)14-13-20-23(19)25-22(24-20)15-12-17(2)33(26,27)28;;/h13-14,17H,3-12,15-16H2,1-2H3,(H,24,25)(H,26,27,28)(H,29,30,31);;/q;2*+1/p-2. The van der Waals surface area contributed by atoms with Crippen LogP contribution in [-0.4, -0.2) is 46.0 Å². The van der Waals surface area contributed by atoms with Gasteiger partial charge in [0.05, 0.1) is 26.0 Å². The van der Waals surface area contributed by atoms with Gasteiger partial charge in [-0.25, -0.2) is 21.8 Å². The van der Waals surface area contributed by atoms with E-state index in [-0.39, 0.29) is 132 Å². The number of nitrogens with zero attached hydrogens (tertiary/aromatic N) is 1. The van der Waals surface area contributed by atoms with Crippen LogP contribution in [-0.2, 0) is 33.1 Å². The maximum Gasteiger partial charge on any atom is 1.00 e. The summed E-state index contributed by atoms with van der Waals surface area (Å²) in [4.78, 5) is 7.78. The van der Waals surface area contributed by atoms with Crippen LogP contribution in [0.4, 0.5) is 0 Å². The molecule has 0 aliphatic carbocycles. The molecule has 0 fully saturated rings. The Balaban J connectivity index is 0.00000612. The summed E-state index contributed by atoms with van der Waals surface area (Å²) >= 11 is 5.51. The molecule has 2 aromatic rings. The van der Waals surface area contributed by atoms with E-state index in [1.807, 2.05) is 0 Å². The first-order valence-electron chi connectivity index (χ1n) is 11.9. The summed E-state index contributed by atoms with van der Waals surface area (Å²) in [5.41, 5.74) is 1.14. The first-order valence-corrected chi connectivity index (χ1v) is 15.1. The molecule has 13 heteroatoms. The van der Waals surface area contributed by atoms with Gasteiger partial charge in [0.1, 0.15) is 15.9 Å². The number of thiocarbonyl (C=S) groups is 1. The number of hydrogen-bond donors (Lipinski definition) is 1. The number of hydrogen-bond acceptors (Lipinski definition) is 8. The van der Waals surface area contributed by atoms with Crippen molar-refractivity contribution in [2.75, 3.05) is 0 Å². The third-order valence-corrected chi connectivity index (χ3v) is 8.49. The van der Waals surface area contributed by atoms with Crippen LogP contribution in [0.2, 0.25) is 0 Å². The first kappa shape index (κ1) is 37.9. The number of aryl methyl sites for hydroxylation is 1. The fourth-order valence-electron chi connectivity index (χ4n) is 3.91. The summed E-state index contributed by atoms with van der Waals surface area (Å²) < 4.78 is 69.1. The van der Waals surface area contributed by atoms with Gasteiger partial charge in [0.25, 0.3) is 0 Å². The monoisotopic (exact) mass is 608 g/mol. The topological polar surface area (TPSA) is 143 Å². The van der Waals surface area contributed by atoms with Crippen molar-refractivity contribution in [3.8, 4) is 0 Å². The van der Waals surface area contributed by atoms with Crippen molar-refractivity contribution in [2.24, 2.45) is 0 Å². The van der Waals surface area contributed by atoms with Crippen molar-refractivity contribution in [3.63, 3.8) is 0 Å². The molecule has 1 atom stereocenters. The molecule has 2 rings (SSSR count). The Kier molecular flexibility index (Phi) is 19.3. The summed E-state index contributed by atoms with van der Waals surface area (Å²) in [5, 5.41) is -1.07. The van der Waals surface area contributed by atoms with Crippen LogP contribution in [0, 0.1) is 0 Å². The Hall–Kier alpha value is 1.87. The molecular weight excluding hydrogens is 575 g/mol. The van der Waals surface area contributed by atoms with E-state index in [4.69, 9.17) is 12.2 Å². The number of imidazole rings is 1. The molecule has 0 radical (unpaired) electrons. The number of unbranched alkanes of at least 4 members (excludes halogenated alkanes) is 7. The van der Waals surface area contributed by atoms with E-state index in [1.165, 1.54) is 51.2 Å². The molecule has 0 saturated carbocycles. The number of benzene rings is 1. The maximum atomic E-state index is 11.9. The summed E-state index contributed by atoms with van der Waals surface area (Å²) in [6.45, 7) is 3.53. The van der Waals surface area contributed by atoms with Gasteiger partial charge in [0.2, 0.25) is 0 Å². The Morgan fingerprint density at radius 1 is 1.00 bits per heavy atom. The minimum absolute atomic E-state index is 0. The predicted molar refractivity (Wildman–Crippen MR) is 135 cm³/mol. The average Bonchev–Trinajstić information content (AvgIpc) is 3.16. The molecule has 1 heterocycles. The summed E-state index contributed by atoms with van der Waals surface area (Å²) in [6.07, 6.45) is 10.4. The summed E-state index contributed by atoms with van der Waals surface area (Å²) in [7, 11) is -9.13. The third kappa shape index (κ3) is 13.0. The van der Waals surface area contributed by atoms with Crippen molar-refractivity contribution in [1.82, 2.24) is 9.97 Å². The molecule has 1 aromatic heterocycles. The Bertz CT molecular complexity index is 1180. The van der Waals surface area contributed by atoms with E-state index >= 15 is 0 Å². The van der Waals surface area contributed by atoms with Gasteiger partial charge in [-0.3, -0.25) is 0 Å². The van der Waals surface area contributed by atoms with Crippen LogP contribution >= 0.6 is 12.2 Å². The van der Waals surface area contributed by atoms with E-state index in [0.717, 1.165) is 19.3 Å². The summed E-state index contributed by atoms with van der Waals surface area (Å²) in [5.74, 6) is 0.418. The molecule has 8 nitrogen and oxygen atoms in total. The molecule has 0 spiro atoms. The number of nitrogens with one attached hydrogen (secondary N) is 1. The van der Waals surface area contributed by atoms with E-state index < -0.39 is 25.5 Å². The van der Waals surface area contributed by atoms with Crippen LogP contribution in [0.5, 0.6) is 0 Å². The Labute approximate surface area is 306 Å². The smallest absolute Gasteiger partial charge is 0.748 e. The van der Waals surface area contributed by atoms with Crippen molar-refractivity contribution in [2.45, 2.75) is 101 Å². The summed E-state index contributed by atoms with van der Waals surface area (Å²) in [6, 6.07) is 2.72. The average molecular weight is 609 g/mol. The number of aromatic nitrogens is 2. The van der Waals surface area contributed by atoms with Gasteiger partial charge in [-0.15, -0.1) is 0 Å². The molecule has 192 valence electrons. The molecular formula is C23H34K2N2O6S3. The molecule has 1 N–H and O–H groups in total. The minimum Gasteiger partial charge on any atom is -0.748 e. The zero-order chi connectivity index (χ0) is 25.4. The molecule has 36 heavy (non-hydrogen) atoms. The first-order chi connectivity index (χ1) is 15.9. The fourth-order valence-corrected chi connectivity index (χ4v) is 5.31. The Morgan fingerprint density at radius 2 is 1.58 bits per heavy atom. The number of fused-ring (bicyclic) bond motifs is 1. The van der Waals surface area contributed by atoms with Gasteiger partial charge < -0.3 is 14.1 Å². The van der Waals surface area contributed by atoms with E-state index in [1.54, 1.807) is 0 Å². The van der Waals surface area contributed by atoms with Crippen molar-refractivity contribution in [1.29, 1.82) is 0 Å². The van der Waals surface area contributed by atoms with Gasteiger partial charge in [-0.1, -0.05) is 64.1 Å². The van der Waals surface area contributed by atoms with Crippen LogP contribution < -0.4 is 103 Å². The van der Waals surface area contributed by atoms with Crippen molar-refractivity contribution >= 4 is 48.4 Å². The Morgan fingerprint density at radius 3 is 2.14 bits per heavy atom. The third-order valence-electron chi connectivity index (χ3n) is 6.00. The molecule has 1 aromatic carbocycles. The van der Waals surface area contributed by atoms with E-state index in [0.29, 0.717) is 28.1 Å². The molecule has 0 aliphatic heterocycles. The SMILES string of the molecule is CCCCCCCCCCC(=S)Cc1c(S(=O)(=O)[O-])ccc2[nH]c(CCC(C)S(=O)(=O)[O-])nc12.[K+].[K+]. The van der Waals surface area contributed by atoms with Crippen LogP contribution in [0.25, 0.3) is 11.0 Å². The normalized spacial score (nSPS) is 12.7. The molecule has 0 bridgehead atoms. The maximum absolute atomic E-state index is 11.9. The van der Waals surface area contributed by atoms with Crippen molar-refractivity contribution < 1.29 is 129 Å². The van der Waals surface area contributed by atoms with Gasteiger partial charge in [0.15, 0.2) is 0 Å². The minimum atomic E-state index is -4.73. The number of aromatic amines is 1. The second-order valence-electron chi connectivity index (χ2n) is 8.86. The van der Waals surface area contributed by atoms with E-state index in [9.17, 15) is 25.9 Å². The zero-order valence-corrected chi connectivity index (χ0v) is 30.5. The molecule has 0 aliphatic rings. The van der Waals surface area contributed by atoms with Crippen molar-refractivity contribution in [3.05, 3.63) is 23.5 Å². The van der Waals surface area contributed by atoms with Crippen LogP contribution in [0.15, 0.2) is 17.0 Å². The largest absolute Gasteiger partial charge is 1.00 e. The predicted octanol–water partition coefficient (Wildman–Crippen LogP) is -1.22. The van der Waals surface area contributed by atoms with E-state index in [2.05, 4.69) is 16.9 Å². The van der Waals surface area contributed by atoms with Gasteiger partial charge in [0, 0.05) is 23.7 Å². The fraction of sp³-hybridized carbons (Fsp3) is 0.652. The van der Waals surface area contributed by atoms with Crippen LogP contribution in [0.1, 0.15) is 89.4 Å². The van der Waals surface area contributed by atoms with Gasteiger partial charge in [-0.05, 0) is 43.2 Å². The zero-order valence-electron chi connectivity index (χ0n) is 21.8. The van der Waals surface area contributed by atoms with Gasteiger partial charge >= 0.3 is 103 Å². The second kappa shape index (κ2) is 18.3. The second-order valence-corrected chi connectivity index (χ2v) is 12.6. The molecule has 0 saturated heterocycles. The molecule has 0 amide bonds. The number of rotatable bonds is 16. The van der Waals surface area contributed by atoms with Crippen LogP contribution in [0.3, 0.4) is 0 Å². The quantitative estimate of drug-likeness (QED) is 0.108.